The fraction of sp³-hybridized carbons (Fsp3) is 0.636. The lowest BCUT2D eigenvalue weighted by atomic mass is 9.76. The third kappa shape index (κ3) is 3.87. The van der Waals surface area contributed by atoms with E-state index >= 15 is 0 Å². The van der Waals surface area contributed by atoms with Gasteiger partial charge in [-0.3, -0.25) is 14.7 Å². The van der Waals surface area contributed by atoms with E-state index in [9.17, 15) is 9.59 Å². The number of aromatic amines is 2. The molecule has 2 N–H and O–H groups in total. The van der Waals surface area contributed by atoms with Gasteiger partial charge in [-0.25, -0.2) is 4.98 Å². The van der Waals surface area contributed by atoms with Crippen molar-refractivity contribution < 1.29 is 4.79 Å². The van der Waals surface area contributed by atoms with Crippen LogP contribution >= 0.6 is 0 Å². The maximum Gasteiger partial charge on any atom is 0.254 e. The molecule has 1 aliphatic heterocycles. The molecule has 0 atom stereocenters. The molecule has 7 heteroatoms. The van der Waals surface area contributed by atoms with E-state index in [1.54, 1.807) is 0 Å². The second-order valence-corrected chi connectivity index (χ2v) is 9.61. The van der Waals surface area contributed by atoms with Crippen LogP contribution in [0.25, 0.3) is 0 Å². The summed E-state index contributed by atoms with van der Waals surface area (Å²) in [6.45, 7) is 7.73. The van der Waals surface area contributed by atoms with Gasteiger partial charge in [-0.1, -0.05) is 20.8 Å². The van der Waals surface area contributed by atoms with Crippen LogP contribution in [0.1, 0.15) is 75.5 Å². The van der Waals surface area contributed by atoms with Crippen molar-refractivity contribution >= 4 is 5.91 Å². The molecule has 2 aromatic rings. The summed E-state index contributed by atoms with van der Waals surface area (Å²) < 4.78 is 0. The van der Waals surface area contributed by atoms with Crippen molar-refractivity contribution in [3.8, 4) is 0 Å². The Morgan fingerprint density at radius 3 is 2.66 bits per heavy atom. The average Bonchev–Trinajstić information content (AvgIpc) is 3.31. The van der Waals surface area contributed by atoms with Crippen molar-refractivity contribution in [3.63, 3.8) is 0 Å². The van der Waals surface area contributed by atoms with E-state index in [0.29, 0.717) is 6.42 Å². The van der Waals surface area contributed by atoms with E-state index in [0.717, 1.165) is 74.3 Å². The topological polar surface area (TPSA) is 94.7 Å². The average molecular weight is 398 g/mol. The van der Waals surface area contributed by atoms with Gasteiger partial charge in [0.15, 0.2) is 0 Å². The summed E-state index contributed by atoms with van der Waals surface area (Å²) in [6, 6.07) is 0. The second-order valence-electron chi connectivity index (χ2n) is 9.61. The molecule has 0 unspecified atom stereocenters. The van der Waals surface area contributed by atoms with Gasteiger partial charge < -0.3 is 9.88 Å². The molecular weight excluding hydrogens is 366 g/mol. The molecule has 0 saturated carbocycles. The van der Waals surface area contributed by atoms with Gasteiger partial charge >= 0.3 is 0 Å². The van der Waals surface area contributed by atoms with E-state index in [2.05, 4.69) is 36.0 Å². The molecule has 0 bridgehead atoms. The zero-order chi connectivity index (χ0) is 20.6. The molecule has 156 valence electrons. The van der Waals surface area contributed by atoms with Crippen molar-refractivity contribution in [3.05, 3.63) is 45.4 Å². The number of fused-ring (bicyclic) bond motifs is 2. The minimum atomic E-state index is -0.191. The lowest BCUT2D eigenvalue weighted by molar-refractivity contribution is -0.132. The van der Waals surface area contributed by atoms with Gasteiger partial charge in [0, 0.05) is 42.1 Å². The summed E-state index contributed by atoms with van der Waals surface area (Å²) in [6.07, 6.45) is 9.53. The molecule has 1 saturated heterocycles. The summed E-state index contributed by atoms with van der Waals surface area (Å²) in [7, 11) is 0. The highest BCUT2D eigenvalue weighted by Crippen LogP contribution is 2.44. The number of rotatable bonds is 4. The minimum absolute atomic E-state index is 0.0227. The van der Waals surface area contributed by atoms with Gasteiger partial charge in [0.05, 0.1) is 11.9 Å². The normalized spacial score (nSPS) is 18.2. The molecule has 1 spiro atoms. The predicted octanol–water partition coefficient (Wildman–Crippen LogP) is 2.62. The van der Waals surface area contributed by atoms with Crippen LogP contribution in [-0.2, 0) is 28.5 Å². The SMILES string of the molecule is CC(C)(C)c1nc2c(c(=O)[nH]1)CCC21CCN(C(=O)CCCc2cn[nH]c2)CC1. The van der Waals surface area contributed by atoms with Gasteiger partial charge in [0.1, 0.15) is 5.82 Å². The highest BCUT2D eigenvalue weighted by molar-refractivity contribution is 5.76. The Kier molecular flexibility index (Phi) is 5.09. The number of aryl methyl sites for hydroxylation is 1. The number of hydrogen-bond donors (Lipinski definition) is 2. The number of amides is 1. The maximum atomic E-state index is 12.6. The highest BCUT2D eigenvalue weighted by Gasteiger charge is 2.44. The highest BCUT2D eigenvalue weighted by atomic mass is 16.2. The standard InChI is InChI=1S/C22H31N5O2/c1-21(2,3)20-25-18-16(19(29)26-20)7-8-22(18)9-11-27(12-10-22)17(28)6-4-5-15-13-23-24-14-15/h13-14H,4-12H2,1-3H3,(H,23,24)(H,25,26,29). The van der Waals surface area contributed by atoms with Crippen LogP contribution in [0.3, 0.4) is 0 Å². The Hall–Kier alpha value is -2.44. The molecule has 0 aromatic carbocycles. The molecule has 1 amide bonds. The molecule has 0 radical (unpaired) electrons. The van der Waals surface area contributed by atoms with Crippen molar-refractivity contribution in [1.82, 2.24) is 25.1 Å². The zero-order valence-corrected chi connectivity index (χ0v) is 17.7. The van der Waals surface area contributed by atoms with Gasteiger partial charge in [-0.15, -0.1) is 0 Å². The van der Waals surface area contributed by atoms with E-state index < -0.39 is 0 Å². The Morgan fingerprint density at radius 2 is 2.00 bits per heavy atom. The second kappa shape index (κ2) is 7.43. The molecule has 1 fully saturated rings. The maximum absolute atomic E-state index is 12.6. The van der Waals surface area contributed by atoms with Crippen molar-refractivity contribution in [2.45, 2.75) is 76.5 Å². The largest absolute Gasteiger partial charge is 0.343 e. The first kappa shape index (κ1) is 19.9. The summed E-state index contributed by atoms with van der Waals surface area (Å²) in [5, 5.41) is 6.75. The number of carbonyl (C=O) groups excluding carboxylic acids is 1. The lowest BCUT2D eigenvalue weighted by Gasteiger charge is -2.39. The van der Waals surface area contributed by atoms with Crippen LogP contribution in [0.5, 0.6) is 0 Å². The number of aromatic nitrogens is 4. The van der Waals surface area contributed by atoms with E-state index in [4.69, 9.17) is 4.98 Å². The molecule has 2 aliphatic rings. The van der Waals surface area contributed by atoms with Crippen LogP contribution in [0.15, 0.2) is 17.2 Å². The molecule has 4 rings (SSSR count). The smallest absolute Gasteiger partial charge is 0.254 e. The molecule has 29 heavy (non-hydrogen) atoms. The summed E-state index contributed by atoms with van der Waals surface area (Å²) in [5.74, 6) is 0.996. The zero-order valence-electron chi connectivity index (χ0n) is 17.7. The Labute approximate surface area is 171 Å². The third-order valence-corrected chi connectivity index (χ3v) is 6.57. The minimum Gasteiger partial charge on any atom is -0.343 e. The number of nitrogens with zero attached hydrogens (tertiary/aromatic N) is 3. The first-order valence-corrected chi connectivity index (χ1v) is 10.7. The van der Waals surface area contributed by atoms with Crippen molar-refractivity contribution in [1.29, 1.82) is 0 Å². The molecule has 2 aromatic heterocycles. The van der Waals surface area contributed by atoms with Crippen LogP contribution in [0.2, 0.25) is 0 Å². The summed E-state index contributed by atoms with van der Waals surface area (Å²) in [5.41, 5.74) is 2.79. The van der Waals surface area contributed by atoms with Gasteiger partial charge in [-0.05, 0) is 44.1 Å². The van der Waals surface area contributed by atoms with E-state index in [1.807, 2.05) is 17.3 Å². The first-order chi connectivity index (χ1) is 13.8. The number of hydrogen-bond acceptors (Lipinski definition) is 4. The molecular formula is C22H31N5O2. The molecule has 7 nitrogen and oxygen atoms in total. The predicted molar refractivity (Wildman–Crippen MR) is 111 cm³/mol. The quantitative estimate of drug-likeness (QED) is 0.829. The van der Waals surface area contributed by atoms with Crippen molar-refractivity contribution in [2.75, 3.05) is 13.1 Å². The van der Waals surface area contributed by atoms with Gasteiger partial charge in [0.2, 0.25) is 5.91 Å². The fourth-order valence-corrected chi connectivity index (χ4v) is 4.69. The number of likely N-dealkylation sites (tertiary alicyclic amines) is 1. The molecule has 1 aliphatic carbocycles. The Balaban J connectivity index is 1.42. The van der Waals surface area contributed by atoms with Gasteiger partial charge in [0.25, 0.3) is 5.56 Å². The van der Waals surface area contributed by atoms with Gasteiger partial charge in [-0.2, -0.15) is 5.10 Å². The van der Waals surface area contributed by atoms with Crippen LogP contribution in [0, 0.1) is 0 Å². The monoisotopic (exact) mass is 397 g/mol. The number of nitrogens with one attached hydrogen (secondary N) is 2. The van der Waals surface area contributed by atoms with Crippen LogP contribution in [-0.4, -0.2) is 44.1 Å². The Morgan fingerprint density at radius 1 is 1.24 bits per heavy atom. The Bertz CT molecular complexity index is 931. The van der Waals surface area contributed by atoms with E-state index in [-0.39, 0.29) is 22.3 Å². The first-order valence-electron chi connectivity index (χ1n) is 10.7. The summed E-state index contributed by atoms with van der Waals surface area (Å²) >= 11 is 0. The third-order valence-electron chi connectivity index (χ3n) is 6.57. The van der Waals surface area contributed by atoms with Crippen LogP contribution in [0.4, 0.5) is 0 Å². The van der Waals surface area contributed by atoms with Crippen LogP contribution < -0.4 is 5.56 Å². The number of carbonyl (C=O) groups is 1. The summed E-state index contributed by atoms with van der Waals surface area (Å²) in [4.78, 5) is 35.2. The number of piperidine rings is 1. The van der Waals surface area contributed by atoms with Crippen molar-refractivity contribution in [2.24, 2.45) is 0 Å². The molecule has 3 heterocycles. The fourth-order valence-electron chi connectivity index (χ4n) is 4.69. The van der Waals surface area contributed by atoms with E-state index in [1.165, 1.54) is 0 Å². The lowest BCUT2D eigenvalue weighted by Crippen LogP contribution is -2.45. The number of H-pyrrole nitrogens is 2.